The third kappa shape index (κ3) is 2.69. The number of likely N-dealkylation sites (tertiary alicyclic amines) is 1. The molecule has 18 heavy (non-hydrogen) atoms. The highest BCUT2D eigenvalue weighted by molar-refractivity contribution is 5.72. The monoisotopic (exact) mass is 266 g/mol. The molecule has 0 saturated carbocycles. The van der Waals surface area contributed by atoms with Crippen molar-refractivity contribution in [2.24, 2.45) is 0 Å². The fraction of sp³-hybridized carbons (Fsp3) is 0.600. The summed E-state index contributed by atoms with van der Waals surface area (Å²) in [6.07, 6.45) is -5.48. The SMILES string of the molecule is O=Cc1oc(CCN2CC(F)C2)nc1C(F)(F)F. The summed E-state index contributed by atoms with van der Waals surface area (Å²) in [7, 11) is 0. The van der Waals surface area contributed by atoms with Crippen LogP contribution in [0.4, 0.5) is 17.6 Å². The van der Waals surface area contributed by atoms with Crippen molar-refractivity contribution in [1.82, 2.24) is 9.88 Å². The Kier molecular flexibility index (Phi) is 3.38. The van der Waals surface area contributed by atoms with Crippen LogP contribution in [0, 0.1) is 0 Å². The summed E-state index contributed by atoms with van der Waals surface area (Å²) in [4.78, 5) is 15.4. The van der Waals surface area contributed by atoms with Crippen molar-refractivity contribution in [3.8, 4) is 0 Å². The van der Waals surface area contributed by atoms with E-state index in [1.165, 1.54) is 0 Å². The minimum absolute atomic E-state index is 0.0133. The zero-order valence-electron chi connectivity index (χ0n) is 9.21. The molecule has 0 spiro atoms. The molecule has 1 aliphatic heterocycles. The van der Waals surface area contributed by atoms with Crippen molar-refractivity contribution in [2.75, 3.05) is 19.6 Å². The van der Waals surface area contributed by atoms with E-state index in [9.17, 15) is 22.4 Å². The molecule has 1 aliphatic rings. The second-order valence-corrected chi connectivity index (χ2v) is 4.04. The number of halogens is 4. The molecule has 1 fully saturated rings. The number of rotatable bonds is 4. The molecule has 0 amide bonds. The average Bonchev–Trinajstić information content (AvgIpc) is 2.65. The summed E-state index contributed by atoms with van der Waals surface area (Å²) in [5.74, 6) is -0.976. The van der Waals surface area contributed by atoms with E-state index in [0.717, 1.165) is 0 Å². The van der Waals surface area contributed by atoms with E-state index >= 15 is 0 Å². The van der Waals surface area contributed by atoms with E-state index in [4.69, 9.17) is 4.42 Å². The molecule has 2 heterocycles. The van der Waals surface area contributed by atoms with E-state index in [1.54, 1.807) is 4.90 Å². The van der Waals surface area contributed by atoms with Gasteiger partial charge in [0.25, 0.3) is 0 Å². The van der Waals surface area contributed by atoms with Crippen LogP contribution < -0.4 is 0 Å². The van der Waals surface area contributed by atoms with Crippen LogP contribution in [-0.4, -0.2) is 42.0 Å². The highest BCUT2D eigenvalue weighted by Gasteiger charge is 2.38. The van der Waals surface area contributed by atoms with Crippen LogP contribution in [0.2, 0.25) is 0 Å². The number of hydrogen-bond donors (Lipinski definition) is 0. The van der Waals surface area contributed by atoms with Crippen LogP contribution in [0.1, 0.15) is 22.1 Å². The van der Waals surface area contributed by atoms with Crippen LogP contribution in [0.5, 0.6) is 0 Å². The Bertz CT molecular complexity index is 438. The van der Waals surface area contributed by atoms with Crippen molar-refractivity contribution in [2.45, 2.75) is 18.8 Å². The van der Waals surface area contributed by atoms with Crippen LogP contribution in [0.3, 0.4) is 0 Å². The average molecular weight is 266 g/mol. The zero-order chi connectivity index (χ0) is 13.3. The highest BCUT2D eigenvalue weighted by Crippen LogP contribution is 2.31. The van der Waals surface area contributed by atoms with Gasteiger partial charge >= 0.3 is 6.18 Å². The second-order valence-electron chi connectivity index (χ2n) is 4.04. The summed E-state index contributed by atoms with van der Waals surface area (Å²) >= 11 is 0. The van der Waals surface area contributed by atoms with Gasteiger partial charge in [-0.05, 0) is 0 Å². The first-order valence-corrected chi connectivity index (χ1v) is 5.28. The van der Waals surface area contributed by atoms with Crippen molar-refractivity contribution < 1.29 is 26.8 Å². The number of hydrogen-bond acceptors (Lipinski definition) is 4. The predicted octanol–water partition coefficient (Wildman–Crippen LogP) is 1.70. The first kappa shape index (κ1) is 13.0. The molecule has 0 unspecified atom stereocenters. The minimum atomic E-state index is -4.71. The number of nitrogens with zero attached hydrogens (tertiary/aromatic N) is 2. The standard InChI is InChI=1S/C10H10F4N2O2/c11-6-3-16(4-6)2-1-8-15-9(10(12,13)14)7(5-17)18-8/h5-6H,1-4H2. The van der Waals surface area contributed by atoms with E-state index in [0.29, 0.717) is 6.54 Å². The molecule has 4 nitrogen and oxygen atoms in total. The van der Waals surface area contributed by atoms with Gasteiger partial charge in [0.1, 0.15) is 6.17 Å². The quantitative estimate of drug-likeness (QED) is 0.614. The van der Waals surface area contributed by atoms with Gasteiger partial charge in [0, 0.05) is 26.1 Å². The summed E-state index contributed by atoms with van der Waals surface area (Å²) in [6, 6.07) is 0. The molecule has 1 aromatic rings. The van der Waals surface area contributed by atoms with Gasteiger partial charge in [-0.1, -0.05) is 0 Å². The molecule has 1 aromatic heterocycles. The molecule has 100 valence electrons. The largest absolute Gasteiger partial charge is 0.437 e. The maximum absolute atomic E-state index is 12.5. The van der Waals surface area contributed by atoms with Gasteiger partial charge in [-0.25, -0.2) is 9.37 Å². The maximum atomic E-state index is 12.5. The fourth-order valence-corrected chi connectivity index (χ4v) is 1.71. The van der Waals surface area contributed by atoms with Crippen molar-refractivity contribution in [3.63, 3.8) is 0 Å². The third-order valence-corrected chi connectivity index (χ3v) is 2.63. The lowest BCUT2D eigenvalue weighted by Crippen LogP contribution is -2.48. The lowest BCUT2D eigenvalue weighted by atomic mass is 10.2. The van der Waals surface area contributed by atoms with Gasteiger partial charge in [-0.2, -0.15) is 13.2 Å². The lowest BCUT2D eigenvalue weighted by Gasteiger charge is -2.33. The first-order valence-electron chi connectivity index (χ1n) is 5.28. The molecule has 1 saturated heterocycles. The van der Waals surface area contributed by atoms with Crippen molar-refractivity contribution in [1.29, 1.82) is 0 Å². The summed E-state index contributed by atoms with van der Waals surface area (Å²) in [6.45, 7) is 0.900. The lowest BCUT2D eigenvalue weighted by molar-refractivity contribution is -0.141. The topological polar surface area (TPSA) is 46.3 Å². The van der Waals surface area contributed by atoms with Crippen LogP contribution in [0.25, 0.3) is 0 Å². The predicted molar refractivity (Wildman–Crippen MR) is 51.9 cm³/mol. The molecule has 0 radical (unpaired) electrons. The van der Waals surface area contributed by atoms with Gasteiger partial charge < -0.3 is 4.42 Å². The van der Waals surface area contributed by atoms with Crippen molar-refractivity contribution in [3.05, 3.63) is 17.3 Å². The van der Waals surface area contributed by atoms with Gasteiger partial charge in [-0.15, -0.1) is 0 Å². The minimum Gasteiger partial charge on any atom is -0.437 e. The summed E-state index contributed by atoms with van der Waals surface area (Å²) < 4.78 is 54.5. The summed E-state index contributed by atoms with van der Waals surface area (Å²) in [5, 5.41) is 0. The van der Waals surface area contributed by atoms with Gasteiger partial charge in [0.05, 0.1) is 0 Å². The number of carbonyl (C=O) groups is 1. The molecule has 8 heteroatoms. The molecular formula is C10H10F4N2O2. The Balaban J connectivity index is 2.01. The van der Waals surface area contributed by atoms with E-state index in [-0.39, 0.29) is 31.7 Å². The molecule has 0 atom stereocenters. The van der Waals surface area contributed by atoms with Crippen molar-refractivity contribution >= 4 is 6.29 Å². The van der Waals surface area contributed by atoms with E-state index in [2.05, 4.69) is 4.98 Å². The first-order chi connectivity index (χ1) is 8.40. The maximum Gasteiger partial charge on any atom is 0.437 e. The third-order valence-electron chi connectivity index (χ3n) is 2.63. The zero-order valence-corrected chi connectivity index (χ0v) is 9.21. The Hall–Kier alpha value is -1.44. The highest BCUT2D eigenvalue weighted by atomic mass is 19.4. The fourth-order valence-electron chi connectivity index (χ4n) is 1.71. The Morgan fingerprint density at radius 2 is 2.11 bits per heavy atom. The van der Waals surface area contributed by atoms with E-state index < -0.39 is 23.8 Å². The Morgan fingerprint density at radius 3 is 2.56 bits per heavy atom. The summed E-state index contributed by atoms with van der Waals surface area (Å²) in [5.41, 5.74) is -1.31. The molecule has 0 aromatic carbocycles. The van der Waals surface area contributed by atoms with Crippen LogP contribution in [-0.2, 0) is 12.6 Å². The molecule has 0 bridgehead atoms. The number of carbonyl (C=O) groups excluding carboxylic acids is 1. The second kappa shape index (κ2) is 4.68. The molecular weight excluding hydrogens is 256 g/mol. The van der Waals surface area contributed by atoms with Gasteiger partial charge in [0.15, 0.2) is 23.6 Å². The molecule has 2 rings (SSSR count). The van der Waals surface area contributed by atoms with Crippen LogP contribution in [0.15, 0.2) is 4.42 Å². The number of oxazole rings is 1. The van der Waals surface area contributed by atoms with Gasteiger partial charge in [0.2, 0.25) is 0 Å². The number of alkyl halides is 4. The van der Waals surface area contributed by atoms with Gasteiger partial charge in [-0.3, -0.25) is 9.69 Å². The number of aldehydes is 1. The Morgan fingerprint density at radius 1 is 1.44 bits per heavy atom. The molecule has 0 N–H and O–H groups in total. The molecule has 0 aliphatic carbocycles. The normalized spacial score (nSPS) is 17.8. The van der Waals surface area contributed by atoms with Crippen LogP contribution >= 0.6 is 0 Å². The Labute approximate surface area is 99.6 Å². The smallest absolute Gasteiger partial charge is 0.437 e. The van der Waals surface area contributed by atoms with E-state index in [1.807, 2.05) is 0 Å². The number of aromatic nitrogens is 1.